The summed E-state index contributed by atoms with van der Waals surface area (Å²) in [5, 5.41) is 12.3. The number of carboxylic acids is 1. The van der Waals surface area contributed by atoms with Crippen LogP contribution < -0.4 is 10.1 Å². The maximum absolute atomic E-state index is 14.6. The van der Waals surface area contributed by atoms with Crippen molar-refractivity contribution in [2.24, 2.45) is 23.7 Å². The minimum atomic E-state index is -0.945. The Balaban J connectivity index is 1.27. The van der Waals surface area contributed by atoms with E-state index in [4.69, 9.17) is 4.74 Å². The zero-order valence-electron chi connectivity index (χ0n) is 21.2. The van der Waals surface area contributed by atoms with Gasteiger partial charge in [-0.15, -0.1) is 0 Å². The molecular weight excluding hydrogens is 457 g/mol. The van der Waals surface area contributed by atoms with Crippen molar-refractivity contribution in [1.29, 1.82) is 0 Å². The smallest absolute Gasteiger partial charge is 0.306 e. The molecule has 4 aliphatic carbocycles. The van der Waals surface area contributed by atoms with E-state index in [1.54, 1.807) is 13.0 Å². The van der Waals surface area contributed by atoms with Gasteiger partial charge in [0.15, 0.2) is 0 Å². The normalized spacial score (nSPS) is 27.0. The molecule has 4 aliphatic rings. The van der Waals surface area contributed by atoms with E-state index in [-0.39, 0.29) is 18.9 Å². The number of nitrogens with one attached hydrogen (secondary N) is 1. The van der Waals surface area contributed by atoms with Crippen LogP contribution in [0, 0.1) is 29.5 Å². The highest BCUT2D eigenvalue weighted by atomic mass is 19.1. The fourth-order valence-corrected chi connectivity index (χ4v) is 7.52. The highest BCUT2D eigenvalue weighted by Gasteiger charge is 2.51. The molecule has 4 bridgehead atoms. The molecule has 1 amide bonds. The zero-order chi connectivity index (χ0) is 25.4. The summed E-state index contributed by atoms with van der Waals surface area (Å²) in [6.45, 7) is 1.94. The molecule has 6 heteroatoms. The maximum atomic E-state index is 14.6. The van der Waals surface area contributed by atoms with Gasteiger partial charge in [-0.2, -0.15) is 0 Å². The number of hydrogen-bond donors (Lipinski definition) is 2. The third-order valence-corrected chi connectivity index (χ3v) is 8.99. The van der Waals surface area contributed by atoms with Crippen LogP contribution in [0.5, 0.6) is 5.75 Å². The van der Waals surface area contributed by atoms with Gasteiger partial charge in [0, 0.05) is 23.7 Å². The van der Waals surface area contributed by atoms with E-state index in [0.717, 1.165) is 17.8 Å². The first-order chi connectivity index (χ1) is 17.3. The van der Waals surface area contributed by atoms with E-state index in [1.165, 1.54) is 57.3 Å². The first kappa shape index (κ1) is 24.8. The first-order valence-corrected chi connectivity index (χ1v) is 13.3. The van der Waals surface area contributed by atoms with Crippen LogP contribution in [0.2, 0.25) is 0 Å². The minimum absolute atomic E-state index is 0.0917. The van der Waals surface area contributed by atoms with Crippen LogP contribution in [-0.4, -0.2) is 24.1 Å². The van der Waals surface area contributed by atoms with Crippen molar-refractivity contribution in [2.75, 3.05) is 7.11 Å². The third kappa shape index (κ3) is 4.74. The summed E-state index contributed by atoms with van der Waals surface area (Å²) >= 11 is 0. The van der Waals surface area contributed by atoms with Gasteiger partial charge in [0.05, 0.1) is 13.0 Å². The van der Waals surface area contributed by atoms with Crippen molar-refractivity contribution < 1.29 is 23.8 Å². The second-order valence-corrected chi connectivity index (χ2v) is 11.4. The lowest BCUT2D eigenvalue weighted by Crippen LogP contribution is -2.48. The van der Waals surface area contributed by atoms with Gasteiger partial charge in [-0.25, -0.2) is 4.39 Å². The molecule has 2 N–H and O–H groups in total. The lowest BCUT2D eigenvalue weighted by Gasteiger charge is -2.57. The monoisotopic (exact) mass is 493 g/mol. The van der Waals surface area contributed by atoms with Gasteiger partial charge < -0.3 is 15.2 Å². The molecule has 4 fully saturated rings. The van der Waals surface area contributed by atoms with Gasteiger partial charge in [0.25, 0.3) is 5.91 Å². The number of carboxylic acid groups (broad SMARTS) is 1. The van der Waals surface area contributed by atoms with Crippen molar-refractivity contribution in [3.8, 4) is 5.75 Å². The SMILES string of the molecule is CCC(Cc1cc(CNC(=O)c2ccc(C34CC5CC(CC(C5)C3)C4)cc2)c(OC)cc1F)C(=O)O. The number of amides is 1. The molecule has 0 heterocycles. The summed E-state index contributed by atoms with van der Waals surface area (Å²) in [6.07, 6.45) is 8.59. The van der Waals surface area contributed by atoms with Crippen LogP contribution >= 0.6 is 0 Å². The van der Waals surface area contributed by atoms with Gasteiger partial charge in [-0.05, 0) is 104 Å². The first-order valence-electron chi connectivity index (χ1n) is 13.3. The summed E-state index contributed by atoms with van der Waals surface area (Å²) in [5.74, 6) is 0.645. The fraction of sp³-hybridized carbons (Fsp3) is 0.533. The molecule has 0 radical (unpaired) electrons. The Labute approximate surface area is 212 Å². The molecule has 5 nitrogen and oxygen atoms in total. The van der Waals surface area contributed by atoms with Crippen LogP contribution in [0.25, 0.3) is 0 Å². The molecule has 0 spiro atoms. The van der Waals surface area contributed by atoms with Crippen LogP contribution in [-0.2, 0) is 23.2 Å². The summed E-state index contributed by atoms with van der Waals surface area (Å²) in [6, 6.07) is 11.0. The van der Waals surface area contributed by atoms with Crippen molar-refractivity contribution in [2.45, 2.75) is 70.3 Å². The Kier molecular flexibility index (Phi) is 6.80. The van der Waals surface area contributed by atoms with E-state index in [9.17, 15) is 19.1 Å². The molecule has 1 atom stereocenters. The van der Waals surface area contributed by atoms with E-state index in [2.05, 4.69) is 17.4 Å². The summed E-state index contributed by atoms with van der Waals surface area (Å²) < 4.78 is 19.9. The second kappa shape index (κ2) is 9.87. The maximum Gasteiger partial charge on any atom is 0.306 e. The molecule has 2 aromatic carbocycles. The number of aliphatic carboxylic acids is 1. The number of ether oxygens (including phenoxy) is 1. The molecule has 36 heavy (non-hydrogen) atoms. The van der Waals surface area contributed by atoms with Crippen LogP contribution in [0.3, 0.4) is 0 Å². The van der Waals surface area contributed by atoms with Crippen LogP contribution in [0.15, 0.2) is 36.4 Å². The number of rotatable bonds is 9. The molecule has 192 valence electrons. The fourth-order valence-electron chi connectivity index (χ4n) is 7.52. The molecule has 0 saturated heterocycles. The molecule has 0 aliphatic heterocycles. The molecule has 1 unspecified atom stereocenters. The Bertz CT molecular complexity index is 1110. The third-order valence-electron chi connectivity index (χ3n) is 8.99. The standard InChI is InChI=1S/C30H36FNO4/c1-3-21(29(34)35)11-23-12-24(27(36-2)13-26(23)31)17-32-28(33)22-4-6-25(7-5-22)30-14-18-8-19(15-30)10-20(9-18)16-30/h4-7,12-13,18-21H,3,8-11,14-17H2,1-2H3,(H,32,33)(H,34,35). The van der Waals surface area contributed by atoms with E-state index in [0.29, 0.717) is 34.3 Å². The molecule has 0 aromatic heterocycles. The van der Waals surface area contributed by atoms with E-state index >= 15 is 0 Å². The van der Waals surface area contributed by atoms with Crippen molar-refractivity contribution in [3.05, 3.63) is 64.5 Å². The Morgan fingerprint density at radius 1 is 1.06 bits per heavy atom. The van der Waals surface area contributed by atoms with Crippen LogP contribution in [0.1, 0.15) is 78.9 Å². The highest BCUT2D eigenvalue weighted by molar-refractivity contribution is 5.94. The number of methoxy groups -OCH3 is 1. The molecule has 4 saturated carbocycles. The largest absolute Gasteiger partial charge is 0.496 e. The topological polar surface area (TPSA) is 75.6 Å². The predicted octanol–water partition coefficient (Wildman–Crippen LogP) is 5.89. The number of carbonyl (C=O) groups is 2. The Morgan fingerprint density at radius 2 is 1.67 bits per heavy atom. The van der Waals surface area contributed by atoms with Gasteiger partial charge in [0.2, 0.25) is 0 Å². The minimum Gasteiger partial charge on any atom is -0.496 e. The quantitative estimate of drug-likeness (QED) is 0.457. The lowest BCUT2D eigenvalue weighted by molar-refractivity contribution is -0.141. The predicted molar refractivity (Wildman–Crippen MR) is 136 cm³/mol. The molecular formula is C30H36FNO4. The molecule has 6 rings (SSSR count). The average Bonchev–Trinajstić information content (AvgIpc) is 2.85. The van der Waals surface area contributed by atoms with Crippen LogP contribution in [0.4, 0.5) is 4.39 Å². The van der Waals surface area contributed by atoms with Crippen molar-refractivity contribution in [3.63, 3.8) is 0 Å². The van der Waals surface area contributed by atoms with Gasteiger partial charge >= 0.3 is 5.97 Å². The number of halogens is 1. The van der Waals surface area contributed by atoms with Crippen molar-refractivity contribution in [1.82, 2.24) is 5.32 Å². The summed E-state index contributed by atoms with van der Waals surface area (Å²) in [7, 11) is 1.45. The van der Waals surface area contributed by atoms with Gasteiger partial charge in [-0.3, -0.25) is 9.59 Å². The average molecular weight is 494 g/mol. The molecule has 2 aromatic rings. The second-order valence-electron chi connectivity index (χ2n) is 11.4. The Morgan fingerprint density at radius 3 is 2.19 bits per heavy atom. The Hall–Kier alpha value is -2.89. The number of carbonyl (C=O) groups excluding carboxylic acids is 1. The number of hydrogen-bond acceptors (Lipinski definition) is 3. The number of benzene rings is 2. The highest BCUT2D eigenvalue weighted by Crippen LogP contribution is 2.60. The summed E-state index contributed by atoms with van der Waals surface area (Å²) in [4.78, 5) is 24.4. The van der Waals surface area contributed by atoms with E-state index < -0.39 is 17.7 Å². The van der Waals surface area contributed by atoms with Crippen molar-refractivity contribution >= 4 is 11.9 Å². The van der Waals surface area contributed by atoms with Gasteiger partial charge in [-0.1, -0.05) is 19.1 Å². The zero-order valence-corrected chi connectivity index (χ0v) is 21.2. The van der Waals surface area contributed by atoms with E-state index in [1.807, 2.05) is 12.1 Å². The van der Waals surface area contributed by atoms with Gasteiger partial charge in [0.1, 0.15) is 11.6 Å². The lowest BCUT2D eigenvalue weighted by atomic mass is 9.48. The summed E-state index contributed by atoms with van der Waals surface area (Å²) in [5.41, 5.74) is 3.21.